The largest absolute Gasteiger partial charge is 0.0622 e. The van der Waals surface area contributed by atoms with Crippen LogP contribution in [0, 0.1) is 13.8 Å². The standard InChI is InChI=1S/C30H26/c1-23-13-17-27(19-15-25-9-5-3-6-10-25)29(21-23)30-22-24(2)14-18-28(30)20-16-26-11-7-4-8-12-26/h3-22H,1-2H3/b19-15+,20-16+. The zero-order valence-electron chi connectivity index (χ0n) is 17.5. The van der Waals surface area contributed by atoms with Gasteiger partial charge in [-0.15, -0.1) is 0 Å². The molecule has 0 saturated heterocycles. The monoisotopic (exact) mass is 386 g/mol. The van der Waals surface area contributed by atoms with E-state index in [4.69, 9.17) is 0 Å². The Morgan fingerprint density at radius 2 is 0.833 bits per heavy atom. The van der Waals surface area contributed by atoms with Crippen LogP contribution < -0.4 is 0 Å². The SMILES string of the molecule is Cc1ccc(/C=C/c2ccccc2)c(-c2cc(C)ccc2/C=C/c2ccccc2)c1. The van der Waals surface area contributed by atoms with Crippen LogP contribution in [-0.2, 0) is 0 Å². The lowest BCUT2D eigenvalue weighted by Crippen LogP contribution is -1.90. The Hall–Kier alpha value is -3.64. The molecule has 0 heteroatoms. The summed E-state index contributed by atoms with van der Waals surface area (Å²) in [6.45, 7) is 4.31. The lowest BCUT2D eigenvalue weighted by molar-refractivity contribution is 1.42. The fraction of sp³-hybridized carbons (Fsp3) is 0.0667. The molecular formula is C30H26. The Balaban J connectivity index is 1.78. The van der Waals surface area contributed by atoms with Crippen molar-refractivity contribution in [2.45, 2.75) is 13.8 Å². The third-order valence-corrected chi connectivity index (χ3v) is 5.22. The molecule has 0 amide bonds. The van der Waals surface area contributed by atoms with Gasteiger partial charge in [-0.3, -0.25) is 0 Å². The lowest BCUT2D eigenvalue weighted by Gasteiger charge is -2.13. The van der Waals surface area contributed by atoms with Gasteiger partial charge in [-0.2, -0.15) is 0 Å². The van der Waals surface area contributed by atoms with Crippen LogP contribution in [0.25, 0.3) is 35.4 Å². The van der Waals surface area contributed by atoms with Gasteiger partial charge in [0.1, 0.15) is 0 Å². The molecule has 0 atom stereocenters. The van der Waals surface area contributed by atoms with E-state index in [1.807, 2.05) is 12.1 Å². The summed E-state index contributed by atoms with van der Waals surface area (Å²) in [5, 5.41) is 0. The van der Waals surface area contributed by atoms with Gasteiger partial charge in [-0.1, -0.05) is 132 Å². The molecule has 0 unspecified atom stereocenters. The van der Waals surface area contributed by atoms with E-state index in [0.29, 0.717) is 0 Å². The van der Waals surface area contributed by atoms with Crippen molar-refractivity contribution < 1.29 is 0 Å². The van der Waals surface area contributed by atoms with Crippen molar-refractivity contribution in [3.05, 3.63) is 130 Å². The highest BCUT2D eigenvalue weighted by Crippen LogP contribution is 2.31. The number of benzene rings is 4. The molecule has 0 bridgehead atoms. The highest BCUT2D eigenvalue weighted by Gasteiger charge is 2.08. The number of hydrogen-bond acceptors (Lipinski definition) is 0. The Kier molecular flexibility index (Phi) is 6.06. The van der Waals surface area contributed by atoms with E-state index < -0.39 is 0 Å². The van der Waals surface area contributed by atoms with Crippen LogP contribution in [0.1, 0.15) is 33.4 Å². The zero-order chi connectivity index (χ0) is 20.8. The molecule has 4 rings (SSSR count). The van der Waals surface area contributed by atoms with Crippen molar-refractivity contribution >= 4 is 24.3 Å². The summed E-state index contributed by atoms with van der Waals surface area (Å²) >= 11 is 0. The first-order chi connectivity index (χ1) is 14.7. The molecular weight excluding hydrogens is 360 g/mol. The molecule has 0 spiro atoms. The zero-order valence-corrected chi connectivity index (χ0v) is 17.5. The molecule has 0 N–H and O–H groups in total. The normalized spacial score (nSPS) is 11.4. The van der Waals surface area contributed by atoms with Gasteiger partial charge in [0.2, 0.25) is 0 Å². The van der Waals surface area contributed by atoms with Gasteiger partial charge in [0.15, 0.2) is 0 Å². The van der Waals surface area contributed by atoms with Crippen molar-refractivity contribution in [2.75, 3.05) is 0 Å². The van der Waals surface area contributed by atoms with Gasteiger partial charge in [-0.05, 0) is 47.2 Å². The van der Waals surface area contributed by atoms with E-state index in [2.05, 4.69) is 123 Å². The van der Waals surface area contributed by atoms with E-state index in [9.17, 15) is 0 Å². The Labute approximate surface area is 179 Å². The molecule has 0 aliphatic heterocycles. The van der Waals surface area contributed by atoms with E-state index in [1.54, 1.807) is 0 Å². The smallest absolute Gasteiger partial charge is 0.0103 e. The second kappa shape index (κ2) is 9.24. The second-order valence-electron chi connectivity index (χ2n) is 7.67. The molecule has 4 aromatic carbocycles. The predicted molar refractivity (Wildman–Crippen MR) is 132 cm³/mol. The molecule has 30 heavy (non-hydrogen) atoms. The molecule has 0 aliphatic carbocycles. The van der Waals surface area contributed by atoms with Crippen molar-refractivity contribution in [1.82, 2.24) is 0 Å². The Bertz CT molecular complexity index is 1080. The van der Waals surface area contributed by atoms with Crippen molar-refractivity contribution in [3.63, 3.8) is 0 Å². The van der Waals surface area contributed by atoms with Gasteiger partial charge < -0.3 is 0 Å². The molecule has 146 valence electrons. The number of aryl methyl sites for hydroxylation is 2. The first-order valence-corrected chi connectivity index (χ1v) is 10.4. The predicted octanol–water partition coefficient (Wildman–Crippen LogP) is 8.31. The molecule has 0 aromatic heterocycles. The van der Waals surface area contributed by atoms with Crippen molar-refractivity contribution in [2.24, 2.45) is 0 Å². The summed E-state index contributed by atoms with van der Waals surface area (Å²) in [6.07, 6.45) is 8.81. The van der Waals surface area contributed by atoms with Crippen molar-refractivity contribution in [3.8, 4) is 11.1 Å². The van der Waals surface area contributed by atoms with Gasteiger partial charge >= 0.3 is 0 Å². The van der Waals surface area contributed by atoms with Gasteiger partial charge in [0, 0.05) is 0 Å². The maximum atomic E-state index is 2.29. The van der Waals surface area contributed by atoms with Gasteiger partial charge in [0.25, 0.3) is 0 Å². The first-order valence-electron chi connectivity index (χ1n) is 10.4. The average molecular weight is 387 g/mol. The lowest BCUT2D eigenvalue weighted by atomic mass is 9.91. The molecule has 0 radical (unpaired) electrons. The first kappa shape index (κ1) is 19.7. The third kappa shape index (κ3) is 4.85. The molecule has 0 saturated carbocycles. The molecule has 4 aromatic rings. The molecule has 0 fully saturated rings. The summed E-state index contributed by atoms with van der Waals surface area (Å²) in [5.41, 5.74) is 9.92. The van der Waals surface area contributed by atoms with Gasteiger partial charge in [0.05, 0.1) is 0 Å². The van der Waals surface area contributed by atoms with Crippen LogP contribution in [0.4, 0.5) is 0 Å². The van der Waals surface area contributed by atoms with E-state index >= 15 is 0 Å². The molecule has 0 aliphatic rings. The summed E-state index contributed by atoms with van der Waals surface area (Å²) in [7, 11) is 0. The Morgan fingerprint density at radius 1 is 0.433 bits per heavy atom. The minimum Gasteiger partial charge on any atom is -0.0622 e. The second-order valence-corrected chi connectivity index (χ2v) is 7.67. The molecule has 0 nitrogen and oxygen atoms in total. The third-order valence-electron chi connectivity index (χ3n) is 5.22. The average Bonchev–Trinajstić information content (AvgIpc) is 2.79. The quantitative estimate of drug-likeness (QED) is 0.302. The van der Waals surface area contributed by atoms with Crippen LogP contribution in [0.2, 0.25) is 0 Å². The minimum absolute atomic E-state index is 1.21. The number of hydrogen-bond donors (Lipinski definition) is 0. The van der Waals surface area contributed by atoms with Gasteiger partial charge in [-0.25, -0.2) is 0 Å². The van der Waals surface area contributed by atoms with E-state index in [0.717, 1.165) is 0 Å². The fourth-order valence-electron chi connectivity index (χ4n) is 3.60. The van der Waals surface area contributed by atoms with Crippen LogP contribution in [-0.4, -0.2) is 0 Å². The van der Waals surface area contributed by atoms with Crippen molar-refractivity contribution in [1.29, 1.82) is 0 Å². The minimum atomic E-state index is 1.21. The maximum Gasteiger partial charge on any atom is -0.0103 e. The highest BCUT2D eigenvalue weighted by molar-refractivity contribution is 5.87. The van der Waals surface area contributed by atoms with E-state index in [1.165, 1.54) is 44.5 Å². The molecule has 0 heterocycles. The van der Waals surface area contributed by atoms with Crippen LogP contribution >= 0.6 is 0 Å². The number of rotatable bonds is 5. The summed E-state index contributed by atoms with van der Waals surface area (Å²) in [6, 6.07) is 34.3. The highest BCUT2D eigenvalue weighted by atomic mass is 14.1. The van der Waals surface area contributed by atoms with Crippen LogP contribution in [0.15, 0.2) is 97.1 Å². The van der Waals surface area contributed by atoms with Crippen LogP contribution in [0.5, 0.6) is 0 Å². The fourth-order valence-corrected chi connectivity index (χ4v) is 3.60. The van der Waals surface area contributed by atoms with E-state index in [-0.39, 0.29) is 0 Å². The summed E-state index contributed by atoms with van der Waals surface area (Å²) in [4.78, 5) is 0. The Morgan fingerprint density at radius 3 is 1.23 bits per heavy atom. The topological polar surface area (TPSA) is 0 Å². The summed E-state index contributed by atoms with van der Waals surface area (Å²) < 4.78 is 0. The summed E-state index contributed by atoms with van der Waals surface area (Å²) in [5.74, 6) is 0. The van der Waals surface area contributed by atoms with Crippen LogP contribution in [0.3, 0.4) is 0 Å². The maximum absolute atomic E-state index is 2.29.